The third-order valence-electron chi connectivity index (χ3n) is 6.65. The minimum absolute atomic E-state index is 0.0930. The zero-order chi connectivity index (χ0) is 24.2. The van der Waals surface area contributed by atoms with Gasteiger partial charge in [0.2, 0.25) is 5.78 Å². The van der Waals surface area contributed by atoms with Crippen LogP contribution < -0.4 is 4.74 Å². The van der Waals surface area contributed by atoms with E-state index in [0.717, 1.165) is 12.8 Å². The van der Waals surface area contributed by atoms with Crippen LogP contribution in [0.3, 0.4) is 0 Å². The molecule has 3 rings (SSSR count). The lowest BCUT2D eigenvalue weighted by Crippen LogP contribution is -2.44. The van der Waals surface area contributed by atoms with Gasteiger partial charge in [0.15, 0.2) is 17.3 Å². The standard InChI is InChI=1S/C24H30O8/c1-11(10-31-12(2)25)14-17(27)15-16(21(19(14)29)32-13(3)26)24(6)9-7-8-23(4,5)22(24)20(30)18(15)28/h11,27,29-30H,7-10H2,1-6H3. The smallest absolute Gasteiger partial charge is 0.308 e. The number of carbonyl (C=O) groups is 3. The highest BCUT2D eigenvalue weighted by Crippen LogP contribution is 2.61. The van der Waals surface area contributed by atoms with E-state index in [1.807, 2.05) is 20.8 Å². The summed E-state index contributed by atoms with van der Waals surface area (Å²) in [4.78, 5) is 36.5. The summed E-state index contributed by atoms with van der Waals surface area (Å²) < 4.78 is 10.4. The summed E-state index contributed by atoms with van der Waals surface area (Å²) in [6.45, 7) is 9.47. The van der Waals surface area contributed by atoms with E-state index in [1.54, 1.807) is 6.92 Å². The minimum Gasteiger partial charge on any atom is -0.507 e. The SMILES string of the molecule is CC(=O)OCC(C)c1c(O)c(OC(C)=O)c2c(c1O)C(=O)C(O)=C1C(C)(C)CCCC12C. The number of phenolic OH excluding ortho intramolecular Hbond substituents is 2. The van der Waals surface area contributed by atoms with Crippen molar-refractivity contribution < 1.29 is 39.2 Å². The lowest BCUT2D eigenvalue weighted by Gasteiger charge is -2.49. The molecule has 1 saturated carbocycles. The maximum atomic E-state index is 13.3. The number of aromatic hydroxyl groups is 2. The zero-order valence-electron chi connectivity index (χ0n) is 19.3. The second-order valence-electron chi connectivity index (χ2n) is 9.61. The highest BCUT2D eigenvalue weighted by atomic mass is 16.5. The van der Waals surface area contributed by atoms with Crippen molar-refractivity contribution in [3.63, 3.8) is 0 Å². The molecule has 0 amide bonds. The molecule has 0 radical (unpaired) electrons. The molecule has 3 N–H and O–H groups in total. The van der Waals surface area contributed by atoms with Crippen LogP contribution in [-0.2, 0) is 19.7 Å². The molecule has 0 aliphatic heterocycles. The van der Waals surface area contributed by atoms with Crippen molar-refractivity contribution in [3.8, 4) is 17.2 Å². The van der Waals surface area contributed by atoms with Gasteiger partial charge in [-0.05, 0) is 23.8 Å². The lowest BCUT2D eigenvalue weighted by molar-refractivity contribution is -0.141. The van der Waals surface area contributed by atoms with E-state index < -0.39 is 51.7 Å². The van der Waals surface area contributed by atoms with Gasteiger partial charge in [-0.2, -0.15) is 0 Å². The maximum absolute atomic E-state index is 13.3. The summed E-state index contributed by atoms with van der Waals surface area (Å²) in [6.07, 6.45) is 2.02. The fourth-order valence-electron chi connectivity index (χ4n) is 5.45. The van der Waals surface area contributed by atoms with E-state index in [-0.39, 0.29) is 29.0 Å². The number of ether oxygens (including phenoxy) is 2. The van der Waals surface area contributed by atoms with Crippen molar-refractivity contribution in [1.82, 2.24) is 0 Å². The number of rotatable bonds is 4. The van der Waals surface area contributed by atoms with Crippen LogP contribution in [0.5, 0.6) is 17.2 Å². The van der Waals surface area contributed by atoms with Gasteiger partial charge in [0, 0.05) is 36.3 Å². The summed E-state index contributed by atoms with van der Waals surface area (Å²) in [5.41, 5.74) is -1.08. The molecule has 2 atom stereocenters. The Hall–Kier alpha value is -3.03. The number of ketones is 1. The molecule has 1 fully saturated rings. The van der Waals surface area contributed by atoms with Crippen molar-refractivity contribution in [2.45, 2.75) is 72.1 Å². The summed E-state index contributed by atoms with van der Waals surface area (Å²) in [5, 5.41) is 33.2. The van der Waals surface area contributed by atoms with E-state index in [4.69, 9.17) is 9.47 Å². The molecule has 0 bridgehead atoms. The van der Waals surface area contributed by atoms with E-state index in [1.165, 1.54) is 13.8 Å². The Bertz CT molecular complexity index is 1050. The van der Waals surface area contributed by atoms with E-state index in [9.17, 15) is 29.7 Å². The maximum Gasteiger partial charge on any atom is 0.308 e. The molecule has 0 heterocycles. The predicted octanol–water partition coefficient (Wildman–Crippen LogP) is 4.17. The van der Waals surface area contributed by atoms with Crippen molar-refractivity contribution in [2.75, 3.05) is 6.61 Å². The molecule has 8 heteroatoms. The third-order valence-corrected chi connectivity index (χ3v) is 6.65. The number of hydrogen-bond acceptors (Lipinski definition) is 8. The average Bonchev–Trinajstić information content (AvgIpc) is 2.65. The van der Waals surface area contributed by atoms with Crippen LogP contribution in [0.15, 0.2) is 11.3 Å². The van der Waals surface area contributed by atoms with E-state index in [0.29, 0.717) is 12.0 Å². The molecule has 2 aliphatic rings. The topological polar surface area (TPSA) is 130 Å². The van der Waals surface area contributed by atoms with Crippen LogP contribution in [0.25, 0.3) is 0 Å². The number of Topliss-reactive ketones (excluding diaryl/α,β-unsaturated/α-hetero) is 1. The van der Waals surface area contributed by atoms with Crippen molar-refractivity contribution >= 4 is 17.7 Å². The van der Waals surface area contributed by atoms with Crippen LogP contribution >= 0.6 is 0 Å². The first-order valence-corrected chi connectivity index (χ1v) is 10.7. The quantitative estimate of drug-likeness (QED) is 0.464. The molecule has 1 aromatic rings. The highest BCUT2D eigenvalue weighted by Gasteiger charge is 2.53. The number of fused-ring (bicyclic) bond motifs is 3. The van der Waals surface area contributed by atoms with Gasteiger partial charge in [-0.3, -0.25) is 14.4 Å². The van der Waals surface area contributed by atoms with Gasteiger partial charge < -0.3 is 24.8 Å². The molecule has 8 nitrogen and oxygen atoms in total. The van der Waals surface area contributed by atoms with Gasteiger partial charge in [0.1, 0.15) is 5.75 Å². The average molecular weight is 446 g/mol. The number of benzene rings is 1. The van der Waals surface area contributed by atoms with Gasteiger partial charge in [-0.25, -0.2) is 0 Å². The number of phenols is 2. The molecular formula is C24H30O8. The number of aliphatic hydroxyl groups is 1. The van der Waals surface area contributed by atoms with Crippen LogP contribution in [0.4, 0.5) is 0 Å². The van der Waals surface area contributed by atoms with Gasteiger partial charge in [-0.1, -0.05) is 34.1 Å². The van der Waals surface area contributed by atoms with Crippen molar-refractivity contribution in [2.24, 2.45) is 5.41 Å². The molecule has 174 valence electrons. The number of hydrogen-bond donors (Lipinski definition) is 3. The highest BCUT2D eigenvalue weighted by molar-refractivity contribution is 6.14. The van der Waals surface area contributed by atoms with Crippen LogP contribution in [0.2, 0.25) is 0 Å². The Kier molecular flexibility index (Phi) is 5.78. The second kappa shape index (κ2) is 7.83. The minimum atomic E-state index is -0.952. The Morgan fingerprint density at radius 2 is 1.66 bits per heavy atom. The van der Waals surface area contributed by atoms with Crippen molar-refractivity contribution in [3.05, 3.63) is 28.0 Å². The Morgan fingerprint density at radius 3 is 2.22 bits per heavy atom. The van der Waals surface area contributed by atoms with Crippen LogP contribution in [-0.4, -0.2) is 39.6 Å². The van der Waals surface area contributed by atoms with E-state index >= 15 is 0 Å². The first-order valence-electron chi connectivity index (χ1n) is 10.7. The monoisotopic (exact) mass is 446 g/mol. The first-order chi connectivity index (χ1) is 14.7. The first kappa shape index (κ1) is 23.6. The number of esters is 2. The third kappa shape index (κ3) is 3.51. The molecule has 32 heavy (non-hydrogen) atoms. The summed E-state index contributed by atoms with van der Waals surface area (Å²) in [7, 11) is 0. The van der Waals surface area contributed by atoms with Crippen LogP contribution in [0.1, 0.15) is 88.2 Å². The number of carbonyl (C=O) groups excluding carboxylic acids is 3. The fourth-order valence-corrected chi connectivity index (χ4v) is 5.45. The largest absolute Gasteiger partial charge is 0.507 e. The number of allylic oxidation sites excluding steroid dienone is 2. The Morgan fingerprint density at radius 1 is 1.03 bits per heavy atom. The number of aliphatic hydroxyl groups excluding tert-OH is 1. The summed E-state index contributed by atoms with van der Waals surface area (Å²) >= 11 is 0. The molecule has 2 aliphatic carbocycles. The summed E-state index contributed by atoms with van der Waals surface area (Å²) in [5.74, 6) is -4.44. The van der Waals surface area contributed by atoms with Gasteiger partial charge in [0.05, 0.1) is 12.2 Å². The molecule has 1 aromatic carbocycles. The molecule has 2 unspecified atom stereocenters. The molecule has 0 spiro atoms. The Balaban J connectivity index is 2.38. The second-order valence-corrected chi connectivity index (χ2v) is 9.61. The van der Waals surface area contributed by atoms with Gasteiger partial charge in [0.25, 0.3) is 0 Å². The van der Waals surface area contributed by atoms with Gasteiger partial charge in [-0.15, -0.1) is 0 Å². The van der Waals surface area contributed by atoms with E-state index in [2.05, 4.69) is 0 Å². The lowest BCUT2D eigenvalue weighted by atomic mass is 9.54. The van der Waals surface area contributed by atoms with Crippen LogP contribution in [0, 0.1) is 5.41 Å². The zero-order valence-corrected chi connectivity index (χ0v) is 19.3. The normalized spacial score (nSPS) is 22.6. The molecule has 0 saturated heterocycles. The Labute approximate surface area is 186 Å². The van der Waals surface area contributed by atoms with Gasteiger partial charge >= 0.3 is 11.9 Å². The predicted molar refractivity (Wildman–Crippen MR) is 115 cm³/mol. The molecule has 0 aromatic heterocycles. The molecular weight excluding hydrogens is 416 g/mol. The van der Waals surface area contributed by atoms with Crippen molar-refractivity contribution in [1.29, 1.82) is 0 Å². The summed E-state index contributed by atoms with van der Waals surface area (Å²) in [6, 6.07) is 0. The fraction of sp³-hybridized carbons (Fsp3) is 0.542.